The van der Waals surface area contributed by atoms with Crippen LogP contribution in [0.25, 0.3) is 67.0 Å². The Kier molecular flexibility index (Phi) is 8.21. The lowest BCUT2D eigenvalue weighted by molar-refractivity contribution is 0.486. The lowest BCUT2D eigenvalue weighted by Gasteiger charge is -2.17. The smallest absolute Gasteiger partial charge is 0.135 e. The van der Waals surface area contributed by atoms with E-state index in [1.807, 2.05) is 72.8 Å². The molecule has 0 aliphatic rings. The second-order valence-corrected chi connectivity index (χ2v) is 11.6. The predicted molar refractivity (Wildman–Crippen MR) is 197 cm³/mol. The summed E-state index contributed by atoms with van der Waals surface area (Å²) >= 11 is 0. The molecule has 8 rings (SSSR count). The molecule has 2 heterocycles. The zero-order valence-corrected chi connectivity index (χ0v) is 26.5. The fraction of sp³-hybridized carbons (Fsp3) is 0. The van der Waals surface area contributed by atoms with E-state index >= 15 is 0 Å². The van der Waals surface area contributed by atoms with Crippen LogP contribution in [0.15, 0.2) is 182 Å². The molecule has 2 aromatic heterocycles. The van der Waals surface area contributed by atoms with Crippen LogP contribution in [0.1, 0.15) is 0 Å². The summed E-state index contributed by atoms with van der Waals surface area (Å²) < 4.78 is 7.01. The third-order valence-electron chi connectivity index (χ3n) is 8.47. The Hall–Kier alpha value is -6.72. The second-order valence-electron chi connectivity index (χ2n) is 11.6. The van der Waals surface area contributed by atoms with Crippen molar-refractivity contribution in [2.45, 2.75) is 0 Å². The first-order chi connectivity index (χ1) is 24.3. The first-order valence-electron chi connectivity index (χ1n) is 16.1. The minimum atomic E-state index is 0.703. The zero-order valence-electron chi connectivity index (χ0n) is 26.5. The van der Waals surface area contributed by atoms with Gasteiger partial charge in [0.15, 0.2) is 0 Å². The van der Waals surface area contributed by atoms with Crippen molar-refractivity contribution >= 4 is 0 Å². The van der Waals surface area contributed by atoms with Crippen molar-refractivity contribution in [1.82, 2.24) is 20.4 Å². The summed E-state index contributed by atoms with van der Waals surface area (Å²) in [5, 5.41) is 17.7. The molecule has 5 heteroatoms. The molecule has 0 N–H and O–H groups in total. The van der Waals surface area contributed by atoms with Gasteiger partial charge in [-0.1, -0.05) is 133 Å². The lowest BCUT2D eigenvalue weighted by Crippen LogP contribution is -1.95. The van der Waals surface area contributed by atoms with Crippen molar-refractivity contribution in [2.24, 2.45) is 0 Å². The Labute approximate surface area is 285 Å². The third-order valence-corrected chi connectivity index (χ3v) is 8.47. The van der Waals surface area contributed by atoms with Crippen LogP contribution < -0.4 is 4.74 Å². The second kappa shape index (κ2) is 13.6. The van der Waals surface area contributed by atoms with Crippen molar-refractivity contribution in [3.05, 3.63) is 182 Å². The summed E-state index contributed by atoms with van der Waals surface area (Å²) in [6, 6.07) is 57.6. The van der Waals surface area contributed by atoms with Crippen LogP contribution in [-0.4, -0.2) is 20.4 Å². The molecule has 8 aromatic rings. The molecule has 0 saturated carbocycles. The predicted octanol–water partition coefficient (Wildman–Crippen LogP) is 11.1. The highest BCUT2D eigenvalue weighted by Crippen LogP contribution is 2.42. The Morgan fingerprint density at radius 1 is 0.306 bits per heavy atom. The summed E-state index contributed by atoms with van der Waals surface area (Å²) in [5.74, 6) is 1.41. The number of benzene rings is 6. The average molecular weight is 631 g/mol. The molecule has 5 nitrogen and oxygen atoms in total. The summed E-state index contributed by atoms with van der Waals surface area (Å²) in [6.07, 6.45) is 3.59. The van der Waals surface area contributed by atoms with Crippen molar-refractivity contribution in [1.29, 1.82) is 0 Å². The van der Waals surface area contributed by atoms with Crippen LogP contribution in [-0.2, 0) is 0 Å². The Bertz CT molecular complexity index is 2180. The molecular weight excluding hydrogens is 601 g/mol. The van der Waals surface area contributed by atoms with Gasteiger partial charge in [-0.05, 0) is 58.7 Å². The van der Waals surface area contributed by atoms with Crippen molar-refractivity contribution in [3.63, 3.8) is 0 Å². The zero-order chi connectivity index (χ0) is 32.8. The van der Waals surface area contributed by atoms with Gasteiger partial charge in [-0.25, -0.2) is 0 Å². The molecule has 232 valence electrons. The number of nitrogens with zero attached hydrogens (tertiary/aromatic N) is 4. The minimum Gasteiger partial charge on any atom is -0.456 e. The molecule has 0 aliphatic carbocycles. The highest BCUT2D eigenvalue weighted by atomic mass is 16.5. The number of rotatable bonds is 8. The van der Waals surface area contributed by atoms with Gasteiger partial charge in [-0.15, -0.1) is 0 Å². The normalized spacial score (nSPS) is 10.9. The Morgan fingerprint density at radius 3 is 1.06 bits per heavy atom. The summed E-state index contributed by atoms with van der Waals surface area (Å²) in [7, 11) is 0. The lowest BCUT2D eigenvalue weighted by atomic mass is 9.99. The standard InChI is InChI=1S/C44H30N4O/c1-5-13-31(14-6-1)37-25-41(47-45-29-37)35-21-23-39(33-17-9-3-10-18-33)43(27-35)49-44-28-36(22-24-40(44)34-19-11-4-12-20-34)42-26-38(30-46-48-42)32-15-7-2-8-16-32/h1-30H. The molecule has 0 fully saturated rings. The number of aromatic nitrogens is 4. The van der Waals surface area contributed by atoms with Gasteiger partial charge in [0.2, 0.25) is 0 Å². The minimum absolute atomic E-state index is 0.703. The quantitative estimate of drug-likeness (QED) is 0.167. The molecule has 0 amide bonds. The first kappa shape index (κ1) is 29.7. The van der Waals surface area contributed by atoms with E-state index in [1.54, 1.807) is 12.4 Å². The maximum Gasteiger partial charge on any atom is 0.135 e. The van der Waals surface area contributed by atoms with Crippen molar-refractivity contribution in [3.8, 4) is 78.5 Å². The largest absolute Gasteiger partial charge is 0.456 e. The van der Waals surface area contributed by atoms with Gasteiger partial charge in [-0.3, -0.25) is 0 Å². The molecule has 0 atom stereocenters. The van der Waals surface area contributed by atoms with Crippen LogP contribution in [0, 0.1) is 0 Å². The van der Waals surface area contributed by atoms with Gasteiger partial charge in [-0.2, -0.15) is 20.4 Å². The summed E-state index contributed by atoms with van der Waals surface area (Å²) in [5.41, 5.74) is 11.5. The van der Waals surface area contributed by atoms with Crippen LogP contribution >= 0.6 is 0 Å². The average Bonchev–Trinajstić information content (AvgIpc) is 3.19. The van der Waals surface area contributed by atoms with E-state index in [0.717, 1.165) is 67.0 Å². The monoisotopic (exact) mass is 630 g/mol. The summed E-state index contributed by atoms with van der Waals surface area (Å²) in [6.45, 7) is 0. The summed E-state index contributed by atoms with van der Waals surface area (Å²) in [4.78, 5) is 0. The van der Waals surface area contributed by atoms with E-state index < -0.39 is 0 Å². The van der Waals surface area contributed by atoms with Gasteiger partial charge in [0.05, 0.1) is 23.8 Å². The van der Waals surface area contributed by atoms with Gasteiger partial charge in [0.25, 0.3) is 0 Å². The molecule has 6 aromatic carbocycles. The number of hydrogen-bond acceptors (Lipinski definition) is 5. The van der Waals surface area contributed by atoms with Crippen LogP contribution in [0.3, 0.4) is 0 Å². The molecule has 0 aliphatic heterocycles. The van der Waals surface area contributed by atoms with E-state index in [0.29, 0.717) is 11.5 Å². The highest BCUT2D eigenvalue weighted by molar-refractivity contribution is 5.80. The topological polar surface area (TPSA) is 60.8 Å². The third kappa shape index (κ3) is 6.46. The number of ether oxygens (including phenoxy) is 1. The van der Waals surface area contributed by atoms with Crippen molar-refractivity contribution in [2.75, 3.05) is 0 Å². The highest BCUT2D eigenvalue weighted by Gasteiger charge is 2.16. The SMILES string of the molecule is c1ccc(-c2cnnc(-c3ccc(-c4ccccc4)c(Oc4cc(-c5cc(-c6ccccc6)cnn5)ccc4-c4ccccc4)c3)c2)cc1. The van der Waals surface area contributed by atoms with Gasteiger partial charge in [0.1, 0.15) is 11.5 Å². The fourth-order valence-corrected chi connectivity index (χ4v) is 5.96. The number of hydrogen-bond donors (Lipinski definition) is 0. The van der Waals surface area contributed by atoms with Gasteiger partial charge < -0.3 is 4.74 Å². The van der Waals surface area contributed by atoms with E-state index in [4.69, 9.17) is 4.74 Å². The maximum absolute atomic E-state index is 7.01. The maximum atomic E-state index is 7.01. The molecule has 0 spiro atoms. The van der Waals surface area contributed by atoms with E-state index in [9.17, 15) is 0 Å². The van der Waals surface area contributed by atoms with E-state index in [1.165, 1.54) is 0 Å². The molecule has 0 unspecified atom stereocenters. The van der Waals surface area contributed by atoms with Crippen molar-refractivity contribution < 1.29 is 4.74 Å². The van der Waals surface area contributed by atoms with Crippen LogP contribution in [0.4, 0.5) is 0 Å². The van der Waals surface area contributed by atoms with Crippen LogP contribution in [0.2, 0.25) is 0 Å². The molecule has 49 heavy (non-hydrogen) atoms. The van der Waals surface area contributed by atoms with Gasteiger partial charge >= 0.3 is 0 Å². The Morgan fingerprint density at radius 2 is 0.673 bits per heavy atom. The molecule has 0 bridgehead atoms. The molecule has 0 radical (unpaired) electrons. The van der Waals surface area contributed by atoms with Gasteiger partial charge in [0, 0.05) is 33.4 Å². The van der Waals surface area contributed by atoms with E-state index in [-0.39, 0.29) is 0 Å². The first-order valence-corrected chi connectivity index (χ1v) is 16.1. The van der Waals surface area contributed by atoms with E-state index in [2.05, 4.69) is 117 Å². The Balaban J connectivity index is 1.25. The molecular formula is C44H30N4O. The molecule has 0 saturated heterocycles. The van der Waals surface area contributed by atoms with Crippen LogP contribution in [0.5, 0.6) is 11.5 Å². The fourth-order valence-electron chi connectivity index (χ4n) is 5.96.